The number of rotatable bonds is 5. The highest BCUT2D eigenvalue weighted by Gasteiger charge is 2.27. The molecule has 1 rings (SSSR count). The number of aliphatic carboxylic acids is 1. The number of carbonyl (C=O) groups excluding carboxylic acids is 1. The quantitative estimate of drug-likeness (QED) is 0.701. The van der Waals surface area contributed by atoms with Crippen LogP contribution in [0.4, 0.5) is 4.79 Å². The number of amides is 2. The van der Waals surface area contributed by atoms with E-state index in [1.165, 1.54) is 9.80 Å². The van der Waals surface area contributed by atoms with Gasteiger partial charge in [0.25, 0.3) is 0 Å². The van der Waals surface area contributed by atoms with E-state index in [1.54, 1.807) is 0 Å². The van der Waals surface area contributed by atoms with Crippen molar-refractivity contribution in [3.8, 4) is 0 Å². The zero-order chi connectivity index (χ0) is 13.5. The summed E-state index contributed by atoms with van der Waals surface area (Å²) in [6, 6.07) is -0.305. The van der Waals surface area contributed by atoms with Crippen LogP contribution in [0.1, 0.15) is 13.3 Å². The molecule has 2 amide bonds. The summed E-state index contributed by atoms with van der Waals surface area (Å²) in [5, 5.41) is 17.8. The van der Waals surface area contributed by atoms with E-state index < -0.39 is 5.97 Å². The van der Waals surface area contributed by atoms with E-state index in [2.05, 4.69) is 0 Å². The van der Waals surface area contributed by atoms with E-state index in [4.69, 9.17) is 14.9 Å². The number of hydrogen-bond acceptors (Lipinski definition) is 4. The minimum Gasteiger partial charge on any atom is -0.480 e. The maximum Gasteiger partial charge on any atom is 0.323 e. The first-order valence-electron chi connectivity index (χ1n) is 6.06. The molecular weight excluding hydrogens is 240 g/mol. The minimum absolute atomic E-state index is 0.142. The number of carboxylic acid groups (broad SMARTS) is 1. The number of carboxylic acids is 1. The normalized spacial score (nSPS) is 19.7. The Balaban J connectivity index is 2.60. The second-order valence-electron chi connectivity index (χ2n) is 4.22. The number of morpholine rings is 1. The number of nitrogens with zero attached hydrogens (tertiary/aromatic N) is 2. The Morgan fingerprint density at radius 3 is 2.78 bits per heavy atom. The smallest absolute Gasteiger partial charge is 0.323 e. The highest BCUT2D eigenvalue weighted by molar-refractivity contribution is 5.80. The first kappa shape index (κ1) is 14.7. The van der Waals surface area contributed by atoms with Crippen LogP contribution in [0.15, 0.2) is 0 Å². The monoisotopic (exact) mass is 260 g/mol. The van der Waals surface area contributed by atoms with Gasteiger partial charge < -0.3 is 24.7 Å². The Hall–Kier alpha value is -1.34. The maximum absolute atomic E-state index is 12.1. The van der Waals surface area contributed by atoms with Gasteiger partial charge in [-0.15, -0.1) is 0 Å². The minimum atomic E-state index is -1.02. The number of carbonyl (C=O) groups is 2. The first-order valence-corrected chi connectivity index (χ1v) is 6.06. The molecular formula is C11H20N2O5. The molecule has 1 heterocycles. The summed E-state index contributed by atoms with van der Waals surface area (Å²) in [7, 11) is 0. The zero-order valence-electron chi connectivity index (χ0n) is 10.5. The van der Waals surface area contributed by atoms with Crippen LogP contribution < -0.4 is 0 Å². The highest BCUT2D eigenvalue weighted by atomic mass is 16.5. The van der Waals surface area contributed by atoms with Gasteiger partial charge in [0.05, 0.1) is 25.9 Å². The predicted molar refractivity (Wildman–Crippen MR) is 63.3 cm³/mol. The Labute approximate surface area is 106 Å². The molecule has 104 valence electrons. The highest BCUT2D eigenvalue weighted by Crippen LogP contribution is 2.08. The molecule has 0 aliphatic carbocycles. The molecule has 0 spiro atoms. The van der Waals surface area contributed by atoms with Gasteiger partial charge in [-0.25, -0.2) is 4.79 Å². The van der Waals surface area contributed by atoms with Gasteiger partial charge in [-0.2, -0.15) is 0 Å². The van der Waals surface area contributed by atoms with Crippen molar-refractivity contribution in [3.63, 3.8) is 0 Å². The van der Waals surface area contributed by atoms with Crippen molar-refractivity contribution in [2.45, 2.75) is 19.4 Å². The molecule has 1 saturated heterocycles. The molecule has 0 aromatic carbocycles. The number of urea groups is 1. The van der Waals surface area contributed by atoms with Gasteiger partial charge in [0.15, 0.2) is 0 Å². The topological polar surface area (TPSA) is 90.3 Å². The molecule has 0 saturated carbocycles. The molecule has 1 unspecified atom stereocenters. The van der Waals surface area contributed by atoms with Crippen LogP contribution in [0.3, 0.4) is 0 Å². The molecule has 0 aromatic heterocycles. The lowest BCUT2D eigenvalue weighted by Crippen LogP contribution is -2.52. The van der Waals surface area contributed by atoms with Crippen molar-refractivity contribution < 1.29 is 24.5 Å². The van der Waals surface area contributed by atoms with Crippen LogP contribution in [0.5, 0.6) is 0 Å². The number of aliphatic hydroxyl groups excluding tert-OH is 1. The average Bonchev–Trinajstić information content (AvgIpc) is 2.37. The summed E-state index contributed by atoms with van der Waals surface area (Å²) in [4.78, 5) is 25.7. The number of ether oxygens (including phenoxy) is 1. The van der Waals surface area contributed by atoms with Gasteiger partial charge in [-0.3, -0.25) is 4.79 Å². The second kappa shape index (κ2) is 7.17. The van der Waals surface area contributed by atoms with Gasteiger partial charge >= 0.3 is 12.0 Å². The number of hydrogen-bond donors (Lipinski definition) is 2. The van der Waals surface area contributed by atoms with Crippen molar-refractivity contribution in [3.05, 3.63) is 0 Å². The molecule has 1 atom stereocenters. The van der Waals surface area contributed by atoms with E-state index in [-0.39, 0.29) is 25.3 Å². The van der Waals surface area contributed by atoms with Crippen LogP contribution in [-0.2, 0) is 9.53 Å². The van der Waals surface area contributed by atoms with Gasteiger partial charge in [-0.05, 0) is 6.42 Å². The van der Waals surface area contributed by atoms with E-state index in [1.807, 2.05) is 6.92 Å². The van der Waals surface area contributed by atoms with Gasteiger partial charge in [0.2, 0.25) is 0 Å². The third-order valence-electron chi connectivity index (χ3n) is 2.70. The van der Waals surface area contributed by atoms with Crippen LogP contribution in [-0.4, -0.2) is 77.5 Å². The standard InChI is InChI=1S/C11H20N2O5/c1-2-3-12(7-10(15)16)11(17)13-4-5-18-9(6-13)8-14/h9,14H,2-8H2,1H3,(H,15,16). The lowest BCUT2D eigenvalue weighted by atomic mass is 10.3. The molecule has 0 radical (unpaired) electrons. The van der Waals surface area contributed by atoms with E-state index in [0.29, 0.717) is 32.7 Å². The molecule has 18 heavy (non-hydrogen) atoms. The fourth-order valence-electron chi connectivity index (χ4n) is 1.88. The van der Waals surface area contributed by atoms with Crippen LogP contribution >= 0.6 is 0 Å². The third-order valence-corrected chi connectivity index (χ3v) is 2.70. The lowest BCUT2D eigenvalue weighted by molar-refractivity contribution is -0.137. The molecule has 1 aliphatic heterocycles. The molecule has 1 aliphatic rings. The Kier molecular flexibility index (Phi) is 5.87. The second-order valence-corrected chi connectivity index (χ2v) is 4.22. The Bertz CT molecular complexity index is 297. The largest absolute Gasteiger partial charge is 0.480 e. The fourth-order valence-corrected chi connectivity index (χ4v) is 1.88. The molecule has 7 nitrogen and oxygen atoms in total. The van der Waals surface area contributed by atoms with E-state index in [9.17, 15) is 9.59 Å². The van der Waals surface area contributed by atoms with Crippen molar-refractivity contribution >= 4 is 12.0 Å². The molecule has 7 heteroatoms. The number of aliphatic hydroxyl groups is 1. The third kappa shape index (κ3) is 4.15. The predicted octanol–water partition coefficient (Wildman–Crippen LogP) is -0.404. The molecule has 0 aromatic rings. The van der Waals surface area contributed by atoms with Crippen LogP contribution in [0.25, 0.3) is 0 Å². The molecule has 0 bridgehead atoms. The summed E-state index contributed by atoms with van der Waals surface area (Å²) in [6.45, 7) is 2.95. The van der Waals surface area contributed by atoms with Crippen molar-refractivity contribution in [1.29, 1.82) is 0 Å². The van der Waals surface area contributed by atoms with E-state index >= 15 is 0 Å². The van der Waals surface area contributed by atoms with Crippen LogP contribution in [0.2, 0.25) is 0 Å². The Morgan fingerprint density at radius 2 is 2.22 bits per heavy atom. The molecule has 2 N–H and O–H groups in total. The van der Waals surface area contributed by atoms with Crippen LogP contribution in [0, 0.1) is 0 Å². The average molecular weight is 260 g/mol. The lowest BCUT2D eigenvalue weighted by Gasteiger charge is -2.35. The van der Waals surface area contributed by atoms with E-state index in [0.717, 1.165) is 0 Å². The Morgan fingerprint density at radius 1 is 1.50 bits per heavy atom. The summed E-state index contributed by atoms with van der Waals surface area (Å²) in [6.07, 6.45) is 0.322. The van der Waals surface area contributed by atoms with Gasteiger partial charge in [-0.1, -0.05) is 6.92 Å². The zero-order valence-corrected chi connectivity index (χ0v) is 10.5. The summed E-state index contributed by atoms with van der Waals surface area (Å²) < 4.78 is 5.25. The fraction of sp³-hybridized carbons (Fsp3) is 0.818. The maximum atomic E-state index is 12.1. The van der Waals surface area contributed by atoms with Gasteiger partial charge in [0, 0.05) is 13.1 Å². The van der Waals surface area contributed by atoms with Crippen molar-refractivity contribution in [1.82, 2.24) is 9.80 Å². The van der Waals surface area contributed by atoms with Crippen molar-refractivity contribution in [2.75, 3.05) is 39.4 Å². The summed E-state index contributed by atoms with van der Waals surface area (Å²) >= 11 is 0. The SMILES string of the molecule is CCCN(CC(=O)O)C(=O)N1CCOC(CO)C1. The van der Waals surface area contributed by atoms with Gasteiger partial charge in [0.1, 0.15) is 6.54 Å². The summed E-state index contributed by atoms with van der Waals surface area (Å²) in [5.74, 6) is -1.02. The van der Waals surface area contributed by atoms with Crippen molar-refractivity contribution in [2.24, 2.45) is 0 Å². The first-order chi connectivity index (χ1) is 8.58. The molecule has 1 fully saturated rings. The summed E-state index contributed by atoms with van der Waals surface area (Å²) in [5.41, 5.74) is 0.